The van der Waals surface area contributed by atoms with Crippen LogP contribution in [0.2, 0.25) is 5.02 Å². The Kier molecular flexibility index (Phi) is 5.13. The molecule has 0 fully saturated rings. The third-order valence-corrected chi connectivity index (χ3v) is 4.10. The fourth-order valence-electron chi connectivity index (χ4n) is 2.39. The summed E-state index contributed by atoms with van der Waals surface area (Å²) in [6.07, 6.45) is 5.68. The van der Waals surface area contributed by atoms with Gasteiger partial charge in [-0.2, -0.15) is 0 Å². The smallest absolute Gasteiger partial charge is 0.294 e. The zero-order valence-electron chi connectivity index (χ0n) is 13.4. The highest BCUT2D eigenvalue weighted by Crippen LogP contribution is 2.21. The summed E-state index contributed by atoms with van der Waals surface area (Å²) >= 11 is 5.91. The van der Waals surface area contributed by atoms with Crippen LogP contribution in [0.4, 0.5) is 4.39 Å². The number of aliphatic imine (C=N–C) groups is 1. The van der Waals surface area contributed by atoms with Gasteiger partial charge in [-0.05, 0) is 30.2 Å². The molecule has 26 heavy (non-hydrogen) atoms. The van der Waals surface area contributed by atoms with Crippen molar-refractivity contribution in [1.82, 2.24) is 15.3 Å². The van der Waals surface area contributed by atoms with Crippen LogP contribution in [0.25, 0.3) is 0 Å². The average molecular weight is 377 g/mol. The van der Waals surface area contributed by atoms with Crippen LogP contribution < -0.4 is 10.9 Å². The van der Waals surface area contributed by atoms with Crippen molar-refractivity contribution in [2.24, 2.45) is 4.99 Å². The van der Waals surface area contributed by atoms with Crippen LogP contribution in [0.15, 0.2) is 40.1 Å². The van der Waals surface area contributed by atoms with Crippen LogP contribution in [0.1, 0.15) is 34.3 Å². The van der Waals surface area contributed by atoms with Gasteiger partial charge in [0.25, 0.3) is 11.5 Å². The minimum atomic E-state index is -0.829. The number of allylic oxidation sites excluding steroid dienone is 1. The molecule has 0 bridgehead atoms. The molecule has 1 aromatic heterocycles. The molecule has 1 amide bonds. The van der Waals surface area contributed by atoms with Crippen molar-refractivity contribution in [3.05, 3.63) is 68.6 Å². The zero-order valence-corrected chi connectivity index (χ0v) is 14.1. The summed E-state index contributed by atoms with van der Waals surface area (Å²) in [5.74, 6) is -1.86. The molecule has 1 aliphatic heterocycles. The van der Waals surface area contributed by atoms with Crippen LogP contribution >= 0.6 is 11.6 Å². The Bertz CT molecular complexity index is 971. The second-order valence-corrected chi connectivity index (χ2v) is 5.95. The van der Waals surface area contributed by atoms with E-state index in [0.29, 0.717) is 12.0 Å². The monoisotopic (exact) mass is 376 g/mol. The number of carbonyl (C=O) groups excluding carboxylic acids is 1. The van der Waals surface area contributed by atoms with Crippen molar-refractivity contribution in [2.75, 3.05) is 0 Å². The van der Waals surface area contributed by atoms with Gasteiger partial charge in [0.2, 0.25) is 5.75 Å². The highest BCUT2D eigenvalue weighted by atomic mass is 35.5. The Balaban J connectivity index is 1.82. The summed E-state index contributed by atoms with van der Waals surface area (Å²) in [6.45, 7) is -0.0223. The lowest BCUT2D eigenvalue weighted by Crippen LogP contribution is -2.27. The molecule has 0 saturated carbocycles. The number of aromatic nitrogens is 2. The van der Waals surface area contributed by atoms with E-state index >= 15 is 0 Å². The molecule has 7 nitrogen and oxygen atoms in total. The number of carbonyl (C=O) groups is 1. The second kappa shape index (κ2) is 7.49. The quantitative estimate of drug-likeness (QED) is 0.760. The maximum Gasteiger partial charge on any atom is 0.294 e. The van der Waals surface area contributed by atoms with Gasteiger partial charge in [-0.3, -0.25) is 14.6 Å². The number of benzene rings is 1. The molecule has 0 aliphatic carbocycles. The Morgan fingerprint density at radius 2 is 2.27 bits per heavy atom. The number of aromatic hydroxyl groups is 1. The minimum absolute atomic E-state index is 0.0223. The number of nitrogens with one attached hydrogen (secondary N) is 2. The van der Waals surface area contributed by atoms with Gasteiger partial charge in [0, 0.05) is 17.8 Å². The number of H-pyrrole nitrogens is 1. The second-order valence-electron chi connectivity index (χ2n) is 5.54. The summed E-state index contributed by atoms with van der Waals surface area (Å²) in [5.41, 5.74) is -0.760. The van der Waals surface area contributed by atoms with Crippen molar-refractivity contribution in [2.45, 2.75) is 19.0 Å². The van der Waals surface area contributed by atoms with E-state index in [2.05, 4.69) is 20.3 Å². The van der Waals surface area contributed by atoms with Gasteiger partial charge in [-0.25, -0.2) is 9.37 Å². The van der Waals surface area contributed by atoms with E-state index in [1.165, 1.54) is 12.1 Å². The number of hydrogen-bond acceptors (Lipinski definition) is 5. The van der Waals surface area contributed by atoms with E-state index in [-0.39, 0.29) is 17.4 Å². The fourth-order valence-corrected chi connectivity index (χ4v) is 2.62. The first-order valence-corrected chi connectivity index (χ1v) is 8.07. The number of amides is 1. The SMILES string of the molecule is O=C(NCc1ccc(F)cc1Cl)c1nc(C2CC=CC=N2)[nH]c(=O)c1O. The molecule has 9 heteroatoms. The molecule has 0 radical (unpaired) electrons. The molecule has 1 unspecified atom stereocenters. The van der Waals surface area contributed by atoms with E-state index < -0.39 is 34.8 Å². The van der Waals surface area contributed by atoms with Gasteiger partial charge >= 0.3 is 0 Å². The van der Waals surface area contributed by atoms with Crippen molar-refractivity contribution < 1.29 is 14.3 Å². The largest absolute Gasteiger partial charge is 0.501 e. The number of nitrogens with zero attached hydrogens (tertiary/aromatic N) is 2. The summed E-state index contributed by atoms with van der Waals surface area (Å²) in [5, 5.41) is 12.5. The van der Waals surface area contributed by atoms with E-state index in [4.69, 9.17) is 11.6 Å². The molecule has 1 aliphatic rings. The molecule has 3 rings (SSSR count). The predicted molar refractivity (Wildman–Crippen MR) is 94.1 cm³/mol. The first kappa shape index (κ1) is 17.8. The molecular formula is C17H14ClFN4O3. The summed E-state index contributed by atoms with van der Waals surface area (Å²) in [7, 11) is 0. The lowest BCUT2D eigenvalue weighted by Gasteiger charge is -2.13. The van der Waals surface area contributed by atoms with Gasteiger partial charge < -0.3 is 15.4 Å². The Labute approximate surface area is 152 Å². The predicted octanol–water partition coefficient (Wildman–Crippen LogP) is 2.27. The molecule has 2 heterocycles. The van der Waals surface area contributed by atoms with Crippen LogP contribution in [-0.4, -0.2) is 27.2 Å². The summed E-state index contributed by atoms with van der Waals surface area (Å²) < 4.78 is 13.1. The van der Waals surface area contributed by atoms with Crippen LogP contribution in [0.5, 0.6) is 5.75 Å². The van der Waals surface area contributed by atoms with Gasteiger partial charge in [0.05, 0.1) is 0 Å². The van der Waals surface area contributed by atoms with Crippen molar-refractivity contribution >= 4 is 23.7 Å². The van der Waals surface area contributed by atoms with E-state index in [0.717, 1.165) is 6.07 Å². The van der Waals surface area contributed by atoms with Gasteiger partial charge in [0.15, 0.2) is 5.69 Å². The third kappa shape index (κ3) is 3.80. The molecule has 1 atom stereocenters. The molecular weight excluding hydrogens is 363 g/mol. The standard InChI is InChI=1S/C17H14ClFN4O3/c18-11-7-10(19)5-4-9(11)8-21-16(25)13-14(24)17(26)23-15(22-13)12-3-1-2-6-20-12/h1-2,4-7,12,24H,3,8H2,(H,21,25)(H,22,23,26). The minimum Gasteiger partial charge on any atom is -0.501 e. The van der Waals surface area contributed by atoms with Crippen LogP contribution in [-0.2, 0) is 6.54 Å². The van der Waals surface area contributed by atoms with Crippen molar-refractivity contribution in [3.63, 3.8) is 0 Å². The molecule has 134 valence electrons. The molecule has 0 spiro atoms. The number of rotatable bonds is 4. The first-order valence-electron chi connectivity index (χ1n) is 7.69. The van der Waals surface area contributed by atoms with Crippen molar-refractivity contribution in [1.29, 1.82) is 0 Å². The van der Waals surface area contributed by atoms with E-state index in [1.807, 2.05) is 6.08 Å². The average Bonchev–Trinajstić information content (AvgIpc) is 2.63. The molecule has 0 saturated heterocycles. The highest BCUT2D eigenvalue weighted by Gasteiger charge is 2.21. The van der Waals surface area contributed by atoms with E-state index in [9.17, 15) is 19.1 Å². The van der Waals surface area contributed by atoms with Crippen LogP contribution in [0.3, 0.4) is 0 Å². The summed E-state index contributed by atoms with van der Waals surface area (Å²) in [4.78, 5) is 34.9. The highest BCUT2D eigenvalue weighted by molar-refractivity contribution is 6.31. The van der Waals surface area contributed by atoms with Gasteiger partial charge in [-0.15, -0.1) is 0 Å². The van der Waals surface area contributed by atoms with Crippen molar-refractivity contribution in [3.8, 4) is 5.75 Å². The topological polar surface area (TPSA) is 107 Å². The number of aromatic amines is 1. The lowest BCUT2D eigenvalue weighted by molar-refractivity contribution is 0.0942. The number of dihydropyridines is 1. The number of halogens is 2. The van der Waals surface area contributed by atoms with E-state index in [1.54, 1.807) is 12.3 Å². The molecule has 1 aromatic carbocycles. The number of hydrogen-bond donors (Lipinski definition) is 3. The van der Waals surface area contributed by atoms with Gasteiger partial charge in [0.1, 0.15) is 17.7 Å². The molecule has 3 N–H and O–H groups in total. The Morgan fingerprint density at radius 3 is 2.96 bits per heavy atom. The lowest BCUT2D eigenvalue weighted by atomic mass is 10.1. The maximum atomic E-state index is 13.1. The zero-order chi connectivity index (χ0) is 18.7. The third-order valence-electron chi connectivity index (χ3n) is 3.75. The van der Waals surface area contributed by atoms with Gasteiger partial charge in [-0.1, -0.05) is 23.7 Å². The first-order chi connectivity index (χ1) is 12.5. The summed E-state index contributed by atoms with van der Waals surface area (Å²) in [6, 6.07) is 3.32. The Morgan fingerprint density at radius 1 is 1.46 bits per heavy atom. The normalized spacial score (nSPS) is 15.8. The van der Waals surface area contributed by atoms with Crippen LogP contribution in [0, 0.1) is 5.82 Å². The maximum absolute atomic E-state index is 13.1. The molecule has 2 aromatic rings. The fraction of sp³-hybridized carbons (Fsp3) is 0.176. The Hall–Kier alpha value is -3.00.